The quantitative estimate of drug-likeness (QED) is 0.722. The molecule has 2 aliphatic rings. The first-order valence-corrected chi connectivity index (χ1v) is 10.5. The number of pyridine rings is 1. The Hall–Kier alpha value is -2.76. The van der Waals surface area contributed by atoms with Crippen molar-refractivity contribution in [2.75, 3.05) is 43.1 Å². The smallest absolute Gasteiger partial charge is 0.308 e. The summed E-state index contributed by atoms with van der Waals surface area (Å²) in [5.74, 6) is 0.731. The van der Waals surface area contributed by atoms with E-state index in [1.54, 1.807) is 0 Å². The monoisotopic (exact) mass is 395 g/mol. The van der Waals surface area contributed by atoms with Crippen molar-refractivity contribution in [3.05, 3.63) is 48.8 Å². The number of carbonyl (C=O) groups is 1. The molecule has 0 N–H and O–H groups in total. The molecule has 0 amide bonds. The van der Waals surface area contributed by atoms with Crippen molar-refractivity contribution in [1.82, 2.24) is 4.98 Å². The van der Waals surface area contributed by atoms with E-state index in [1.165, 1.54) is 18.5 Å². The van der Waals surface area contributed by atoms with Crippen LogP contribution in [0.2, 0.25) is 0 Å². The highest BCUT2D eigenvalue weighted by atomic mass is 16.5. The maximum atomic E-state index is 11.8. The van der Waals surface area contributed by atoms with E-state index in [2.05, 4.69) is 39.0 Å². The van der Waals surface area contributed by atoms with Crippen LogP contribution in [0.3, 0.4) is 0 Å². The number of aromatic nitrogens is 1. The van der Waals surface area contributed by atoms with Crippen molar-refractivity contribution in [1.29, 1.82) is 0 Å². The Balaban J connectivity index is 1.30. The van der Waals surface area contributed by atoms with E-state index in [0.717, 1.165) is 57.6 Å². The first kappa shape index (κ1) is 19.6. The van der Waals surface area contributed by atoms with Crippen LogP contribution in [0.1, 0.15) is 25.7 Å². The lowest BCUT2D eigenvalue weighted by Crippen LogP contribution is -2.46. The molecule has 154 valence electrons. The predicted octanol–water partition coefficient (Wildman–Crippen LogP) is 3.52. The summed E-state index contributed by atoms with van der Waals surface area (Å²) in [5.41, 5.74) is 2.46. The predicted molar refractivity (Wildman–Crippen MR) is 113 cm³/mol. The molecule has 6 heteroatoms. The minimum absolute atomic E-state index is 0.0327. The second kappa shape index (κ2) is 9.16. The molecule has 0 spiro atoms. The van der Waals surface area contributed by atoms with Crippen LogP contribution in [0, 0.1) is 5.92 Å². The molecule has 29 heavy (non-hydrogen) atoms. The van der Waals surface area contributed by atoms with Gasteiger partial charge in [-0.3, -0.25) is 9.78 Å². The molecule has 4 rings (SSSR count). The fraction of sp³-hybridized carbons (Fsp3) is 0.478. The third-order valence-electron chi connectivity index (χ3n) is 5.97. The molecule has 2 heterocycles. The topological polar surface area (TPSA) is 54.9 Å². The summed E-state index contributed by atoms with van der Waals surface area (Å²) >= 11 is 0. The number of nitrogens with zero attached hydrogens (tertiary/aromatic N) is 3. The second-order valence-corrected chi connectivity index (χ2v) is 7.80. The van der Waals surface area contributed by atoms with E-state index in [0.29, 0.717) is 0 Å². The molecule has 1 aromatic carbocycles. The molecule has 2 unspecified atom stereocenters. The average Bonchev–Trinajstić information content (AvgIpc) is 2.80. The van der Waals surface area contributed by atoms with Gasteiger partial charge in [-0.25, -0.2) is 0 Å². The van der Waals surface area contributed by atoms with Crippen LogP contribution in [0.5, 0.6) is 5.75 Å². The van der Waals surface area contributed by atoms with Gasteiger partial charge in [0.25, 0.3) is 0 Å². The highest BCUT2D eigenvalue weighted by molar-refractivity contribution is 5.72. The van der Waals surface area contributed by atoms with Gasteiger partial charge in [-0.2, -0.15) is 0 Å². The number of piperazine rings is 1. The largest absolute Gasteiger partial charge is 0.490 e. The Morgan fingerprint density at radius 2 is 1.55 bits per heavy atom. The van der Waals surface area contributed by atoms with Gasteiger partial charge in [0.15, 0.2) is 0 Å². The fourth-order valence-electron chi connectivity index (χ4n) is 4.34. The molecular formula is C23H29N3O3. The van der Waals surface area contributed by atoms with Gasteiger partial charge in [0.2, 0.25) is 0 Å². The molecule has 1 aliphatic heterocycles. The highest BCUT2D eigenvalue weighted by Crippen LogP contribution is 2.30. The van der Waals surface area contributed by atoms with Crippen molar-refractivity contribution in [3.63, 3.8) is 0 Å². The number of benzene rings is 1. The van der Waals surface area contributed by atoms with Crippen molar-refractivity contribution in [2.45, 2.75) is 31.8 Å². The summed E-state index contributed by atoms with van der Waals surface area (Å²) < 4.78 is 11.1. The van der Waals surface area contributed by atoms with Crippen molar-refractivity contribution in [2.24, 2.45) is 5.92 Å². The Morgan fingerprint density at radius 3 is 2.17 bits per heavy atom. The summed E-state index contributed by atoms with van der Waals surface area (Å²) in [5, 5.41) is 0. The maximum absolute atomic E-state index is 11.8. The molecular weight excluding hydrogens is 366 g/mol. The van der Waals surface area contributed by atoms with E-state index < -0.39 is 0 Å². The number of ether oxygens (including phenoxy) is 2. The SMILES string of the molecule is COC(=O)C1CCCC(Oc2ccc(N3CCN(c4ccncc4)CC3)cc2)C1. The van der Waals surface area contributed by atoms with Crippen LogP contribution in [0.15, 0.2) is 48.8 Å². The van der Waals surface area contributed by atoms with Crippen molar-refractivity contribution in [3.8, 4) is 5.75 Å². The third-order valence-corrected chi connectivity index (χ3v) is 5.97. The standard InChI is InChI=1S/C23H29N3O3/c1-28-23(27)18-3-2-4-22(17-18)29-21-7-5-19(6-8-21)25-13-15-26(16-14-25)20-9-11-24-12-10-20/h5-12,18,22H,2-4,13-17H2,1H3. The lowest BCUT2D eigenvalue weighted by Gasteiger charge is -2.37. The van der Waals surface area contributed by atoms with Crippen LogP contribution in [-0.4, -0.2) is 50.3 Å². The average molecular weight is 396 g/mol. The zero-order valence-electron chi connectivity index (χ0n) is 17.0. The van der Waals surface area contributed by atoms with Crippen LogP contribution >= 0.6 is 0 Å². The van der Waals surface area contributed by atoms with Crippen molar-refractivity contribution >= 4 is 17.3 Å². The molecule has 0 radical (unpaired) electrons. The highest BCUT2D eigenvalue weighted by Gasteiger charge is 2.29. The molecule has 2 aromatic rings. The molecule has 2 fully saturated rings. The minimum atomic E-state index is -0.112. The first-order valence-electron chi connectivity index (χ1n) is 10.5. The number of esters is 1. The Morgan fingerprint density at radius 1 is 0.931 bits per heavy atom. The van der Waals surface area contributed by atoms with Gasteiger partial charge in [-0.1, -0.05) is 0 Å². The number of rotatable bonds is 5. The van der Waals surface area contributed by atoms with Gasteiger partial charge in [0, 0.05) is 49.9 Å². The van der Waals surface area contributed by atoms with E-state index in [4.69, 9.17) is 9.47 Å². The van der Waals surface area contributed by atoms with Crippen LogP contribution < -0.4 is 14.5 Å². The summed E-state index contributed by atoms with van der Waals surface area (Å²) in [7, 11) is 1.46. The van der Waals surface area contributed by atoms with E-state index in [1.807, 2.05) is 24.5 Å². The summed E-state index contributed by atoms with van der Waals surface area (Å²) in [6, 6.07) is 12.5. The maximum Gasteiger partial charge on any atom is 0.308 e. The van der Waals surface area contributed by atoms with Crippen LogP contribution in [0.25, 0.3) is 0 Å². The first-order chi connectivity index (χ1) is 14.2. The van der Waals surface area contributed by atoms with Gasteiger partial charge in [0.05, 0.1) is 19.1 Å². The number of hydrogen-bond acceptors (Lipinski definition) is 6. The molecule has 2 atom stereocenters. The molecule has 1 aromatic heterocycles. The Kier molecular flexibility index (Phi) is 6.17. The molecule has 0 bridgehead atoms. The van der Waals surface area contributed by atoms with Gasteiger partial charge in [-0.15, -0.1) is 0 Å². The molecule has 1 saturated heterocycles. The summed E-state index contributed by atoms with van der Waals surface area (Å²) in [6.07, 6.45) is 7.42. The molecule has 6 nitrogen and oxygen atoms in total. The fourth-order valence-corrected chi connectivity index (χ4v) is 4.34. The molecule has 1 aliphatic carbocycles. The van der Waals surface area contributed by atoms with E-state index in [9.17, 15) is 4.79 Å². The number of carbonyl (C=O) groups excluding carboxylic acids is 1. The van der Waals surface area contributed by atoms with Crippen LogP contribution in [-0.2, 0) is 9.53 Å². The van der Waals surface area contributed by atoms with Gasteiger partial charge < -0.3 is 19.3 Å². The third kappa shape index (κ3) is 4.81. The summed E-state index contributed by atoms with van der Waals surface area (Å²) in [6.45, 7) is 3.98. The number of hydrogen-bond donors (Lipinski definition) is 0. The van der Waals surface area contributed by atoms with Gasteiger partial charge in [-0.05, 0) is 62.1 Å². The van der Waals surface area contributed by atoms with Crippen molar-refractivity contribution < 1.29 is 14.3 Å². The zero-order valence-corrected chi connectivity index (χ0v) is 17.0. The van der Waals surface area contributed by atoms with E-state index >= 15 is 0 Å². The lowest BCUT2D eigenvalue weighted by atomic mass is 9.87. The van der Waals surface area contributed by atoms with Gasteiger partial charge in [0.1, 0.15) is 5.75 Å². The number of anilines is 2. The zero-order chi connectivity index (χ0) is 20.1. The number of methoxy groups -OCH3 is 1. The normalized spacial score (nSPS) is 22.2. The van der Waals surface area contributed by atoms with E-state index in [-0.39, 0.29) is 18.0 Å². The Bertz CT molecular complexity index is 789. The summed E-state index contributed by atoms with van der Waals surface area (Å²) in [4.78, 5) is 20.7. The lowest BCUT2D eigenvalue weighted by molar-refractivity contribution is -0.147. The van der Waals surface area contributed by atoms with Gasteiger partial charge >= 0.3 is 5.97 Å². The minimum Gasteiger partial charge on any atom is -0.490 e. The van der Waals surface area contributed by atoms with Crippen LogP contribution in [0.4, 0.5) is 11.4 Å². The molecule has 1 saturated carbocycles. The Labute approximate surface area is 172 Å². The second-order valence-electron chi connectivity index (χ2n) is 7.80.